The number of amides is 1. The van der Waals surface area contributed by atoms with E-state index in [2.05, 4.69) is 5.32 Å². The predicted octanol–water partition coefficient (Wildman–Crippen LogP) is 1.69. The summed E-state index contributed by atoms with van der Waals surface area (Å²) in [6, 6.07) is 3.98. The number of carbonyl (C=O) groups excluding carboxylic acids is 1. The Labute approximate surface area is 102 Å². The third kappa shape index (κ3) is 4.65. The van der Waals surface area contributed by atoms with E-state index in [9.17, 15) is 14.0 Å². The van der Waals surface area contributed by atoms with Crippen LogP contribution >= 0.6 is 11.6 Å². The second kappa shape index (κ2) is 6.00. The van der Waals surface area contributed by atoms with E-state index in [1.54, 1.807) is 0 Å². The first kappa shape index (κ1) is 13.2. The number of carboxylic acids is 1. The zero-order valence-electron chi connectivity index (χ0n) is 8.61. The van der Waals surface area contributed by atoms with Gasteiger partial charge in [0.1, 0.15) is 12.4 Å². The minimum Gasteiger partial charge on any atom is -0.480 e. The van der Waals surface area contributed by atoms with Gasteiger partial charge in [-0.15, -0.1) is 0 Å². The van der Waals surface area contributed by atoms with Crippen molar-refractivity contribution in [1.82, 2.24) is 5.32 Å². The maximum atomic E-state index is 12.8. The molecule has 1 aromatic rings. The van der Waals surface area contributed by atoms with Gasteiger partial charge in [-0.25, -0.2) is 4.39 Å². The number of carboxylic acid groups (broad SMARTS) is 1. The van der Waals surface area contributed by atoms with Crippen molar-refractivity contribution in [1.29, 1.82) is 0 Å². The Morgan fingerprint density at radius 1 is 1.47 bits per heavy atom. The van der Waals surface area contributed by atoms with Gasteiger partial charge in [0.05, 0.1) is 5.02 Å². The molecule has 0 aliphatic heterocycles. The molecule has 0 aromatic heterocycles. The van der Waals surface area contributed by atoms with Crippen LogP contribution in [-0.2, 0) is 9.59 Å². The molecule has 0 fully saturated rings. The molecular formula is C11H9ClFNO3. The summed E-state index contributed by atoms with van der Waals surface area (Å²) in [6.07, 6.45) is 2.55. The van der Waals surface area contributed by atoms with Crippen LogP contribution in [0.15, 0.2) is 24.3 Å². The summed E-state index contributed by atoms with van der Waals surface area (Å²) in [5.74, 6) is -2.22. The standard InChI is InChI=1S/C11H9ClFNO3/c12-8-5-7(1-3-9(8)13)2-4-10(15)14-6-11(16)17/h1-5H,6H2,(H,14,15)(H,16,17)/b4-2+. The van der Waals surface area contributed by atoms with Crippen molar-refractivity contribution < 1.29 is 19.1 Å². The molecule has 4 nitrogen and oxygen atoms in total. The van der Waals surface area contributed by atoms with Crippen LogP contribution < -0.4 is 5.32 Å². The maximum Gasteiger partial charge on any atom is 0.322 e. The lowest BCUT2D eigenvalue weighted by Crippen LogP contribution is -2.27. The van der Waals surface area contributed by atoms with Crippen LogP contribution in [0.5, 0.6) is 0 Å². The monoisotopic (exact) mass is 257 g/mol. The highest BCUT2D eigenvalue weighted by molar-refractivity contribution is 6.30. The molecular weight excluding hydrogens is 249 g/mol. The molecule has 0 aliphatic carbocycles. The van der Waals surface area contributed by atoms with Crippen molar-refractivity contribution in [3.63, 3.8) is 0 Å². The SMILES string of the molecule is O=C(O)CNC(=O)/C=C/c1ccc(F)c(Cl)c1. The van der Waals surface area contributed by atoms with Crippen LogP contribution in [0.2, 0.25) is 5.02 Å². The molecule has 0 radical (unpaired) electrons. The second-order valence-corrected chi connectivity index (χ2v) is 3.53. The molecule has 0 aliphatic rings. The molecule has 0 unspecified atom stereocenters. The van der Waals surface area contributed by atoms with Gasteiger partial charge in [-0.05, 0) is 23.8 Å². The van der Waals surface area contributed by atoms with E-state index in [1.165, 1.54) is 24.3 Å². The zero-order valence-corrected chi connectivity index (χ0v) is 9.37. The molecule has 1 aromatic carbocycles. The fourth-order valence-electron chi connectivity index (χ4n) is 1.01. The van der Waals surface area contributed by atoms with Crippen molar-refractivity contribution in [2.75, 3.05) is 6.54 Å². The summed E-state index contributed by atoms with van der Waals surface area (Å²) >= 11 is 5.54. The average Bonchev–Trinajstić information content (AvgIpc) is 2.28. The molecule has 0 atom stereocenters. The van der Waals surface area contributed by atoms with Crippen molar-refractivity contribution in [2.24, 2.45) is 0 Å². The molecule has 0 heterocycles. The van der Waals surface area contributed by atoms with Crippen LogP contribution in [0, 0.1) is 5.82 Å². The predicted molar refractivity (Wildman–Crippen MR) is 61.1 cm³/mol. The number of rotatable bonds is 4. The van der Waals surface area contributed by atoms with Crippen molar-refractivity contribution in [3.05, 3.63) is 40.7 Å². The van der Waals surface area contributed by atoms with Gasteiger partial charge in [0.2, 0.25) is 5.91 Å². The third-order valence-electron chi connectivity index (χ3n) is 1.78. The minimum absolute atomic E-state index is 0.0434. The summed E-state index contributed by atoms with van der Waals surface area (Å²) in [7, 11) is 0. The highest BCUT2D eigenvalue weighted by atomic mass is 35.5. The second-order valence-electron chi connectivity index (χ2n) is 3.12. The largest absolute Gasteiger partial charge is 0.480 e. The highest BCUT2D eigenvalue weighted by Crippen LogP contribution is 2.16. The van der Waals surface area contributed by atoms with Gasteiger partial charge in [0.15, 0.2) is 0 Å². The van der Waals surface area contributed by atoms with Crippen LogP contribution in [0.4, 0.5) is 4.39 Å². The van der Waals surface area contributed by atoms with E-state index >= 15 is 0 Å². The van der Waals surface area contributed by atoms with Gasteiger partial charge in [-0.1, -0.05) is 17.7 Å². The Bertz CT molecular complexity index is 474. The molecule has 0 bridgehead atoms. The average molecular weight is 258 g/mol. The molecule has 2 N–H and O–H groups in total. The molecule has 1 rings (SSSR count). The van der Waals surface area contributed by atoms with E-state index in [0.29, 0.717) is 5.56 Å². The summed E-state index contributed by atoms with van der Waals surface area (Å²) < 4.78 is 12.8. The Kier molecular flexibility index (Phi) is 4.66. The number of aliphatic carboxylic acids is 1. The van der Waals surface area contributed by atoms with Crippen molar-refractivity contribution in [3.8, 4) is 0 Å². The van der Waals surface area contributed by atoms with Gasteiger partial charge < -0.3 is 10.4 Å². The number of hydrogen-bond acceptors (Lipinski definition) is 2. The van der Waals surface area contributed by atoms with E-state index in [4.69, 9.17) is 16.7 Å². The van der Waals surface area contributed by atoms with Crippen molar-refractivity contribution in [2.45, 2.75) is 0 Å². The first-order valence-corrected chi connectivity index (χ1v) is 4.99. The number of halogens is 2. The van der Waals surface area contributed by atoms with Gasteiger partial charge >= 0.3 is 5.97 Å². The summed E-state index contributed by atoms with van der Waals surface area (Å²) in [5.41, 5.74) is 0.543. The number of carbonyl (C=O) groups is 2. The number of benzene rings is 1. The van der Waals surface area contributed by atoms with E-state index in [0.717, 1.165) is 6.08 Å². The summed E-state index contributed by atoms with van der Waals surface area (Å²) in [4.78, 5) is 21.3. The molecule has 6 heteroatoms. The van der Waals surface area contributed by atoms with Crippen molar-refractivity contribution >= 4 is 29.6 Å². The molecule has 17 heavy (non-hydrogen) atoms. The fourth-order valence-corrected chi connectivity index (χ4v) is 1.20. The Morgan fingerprint density at radius 2 is 2.18 bits per heavy atom. The lowest BCUT2D eigenvalue weighted by atomic mass is 10.2. The van der Waals surface area contributed by atoms with Crippen LogP contribution in [0.3, 0.4) is 0 Å². The third-order valence-corrected chi connectivity index (χ3v) is 2.07. The highest BCUT2D eigenvalue weighted by Gasteiger charge is 2.01. The summed E-state index contributed by atoms with van der Waals surface area (Å²) in [5, 5.41) is 10.4. The Hall–Kier alpha value is -1.88. The van der Waals surface area contributed by atoms with E-state index in [-0.39, 0.29) is 5.02 Å². The molecule has 0 saturated carbocycles. The lowest BCUT2D eigenvalue weighted by Gasteiger charge is -1.98. The Morgan fingerprint density at radius 3 is 2.76 bits per heavy atom. The molecule has 90 valence electrons. The lowest BCUT2D eigenvalue weighted by molar-refractivity contribution is -0.137. The van der Waals surface area contributed by atoms with Crippen LogP contribution in [0.1, 0.15) is 5.56 Å². The normalized spacial score (nSPS) is 10.5. The number of hydrogen-bond donors (Lipinski definition) is 2. The zero-order chi connectivity index (χ0) is 12.8. The quantitative estimate of drug-likeness (QED) is 0.807. The van der Waals surface area contributed by atoms with E-state index < -0.39 is 24.2 Å². The van der Waals surface area contributed by atoms with E-state index in [1.807, 2.05) is 0 Å². The first-order chi connectivity index (χ1) is 7.99. The molecule has 1 amide bonds. The minimum atomic E-state index is -1.13. The van der Waals surface area contributed by atoms with Gasteiger partial charge in [-0.2, -0.15) is 0 Å². The van der Waals surface area contributed by atoms with Crippen LogP contribution in [-0.4, -0.2) is 23.5 Å². The van der Waals surface area contributed by atoms with Gasteiger partial charge in [-0.3, -0.25) is 9.59 Å². The maximum absolute atomic E-state index is 12.8. The smallest absolute Gasteiger partial charge is 0.322 e. The Balaban J connectivity index is 2.61. The molecule has 0 spiro atoms. The summed E-state index contributed by atoms with van der Waals surface area (Å²) in [6.45, 7) is -0.451. The number of nitrogens with one attached hydrogen (secondary N) is 1. The van der Waals surface area contributed by atoms with Crippen LogP contribution in [0.25, 0.3) is 6.08 Å². The molecule has 0 saturated heterocycles. The fraction of sp³-hybridized carbons (Fsp3) is 0.0909. The topological polar surface area (TPSA) is 66.4 Å². The first-order valence-electron chi connectivity index (χ1n) is 4.62. The van der Waals surface area contributed by atoms with Gasteiger partial charge in [0, 0.05) is 6.08 Å². The van der Waals surface area contributed by atoms with Gasteiger partial charge in [0.25, 0.3) is 0 Å².